The summed E-state index contributed by atoms with van der Waals surface area (Å²) >= 11 is 0. The number of benzene rings is 1. The molecule has 23 heavy (non-hydrogen) atoms. The molecule has 1 aromatic carbocycles. The molecule has 0 radical (unpaired) electrons. The van der Waals surface area contributed by atoms with Gasteiger partial charge in [0.2, 0.25) is 0 Å². The molecular weight excluding hydrogens is 286 g/mol. The van der Waals surface area contributed by atoms with Crippen molar-refractivity contribution in [1.29, 1.82) is 0 Å². The lowest BCUT2D eigenvalue weighted by molar-refractivity contribution is 0.269. The minimum atomic E-state index is 0.232. The van der Waals surface area contributed by atoms with Crippen LogP contribution in [0.5, 0.6) is 5.75 Å². The third-order valence-corrected chi connectivity index (χ3v) is 5.31. The maximum absolute atomic E-state index is 6.12. The average Bonchev–Trinajstić information content (AvgIpc) is 2.55. The molecule has 1 N–H and O–H groups in total. The van der Waals surface area contributed by atoms with Crippen LogP contribution in [0.15, 0.2) is 6.33 Å². The van der Waals surface area contributed by atoms with Gasteiger partial charge < -0.3 is 10.1 Å². The topological polar surface area (TPSA) is 47.0 Å². The third kappa shape index (κ3) is 2.67. The van der Waals surface area contributed by atoms with Crippen molar-refractivity contribution in [1.82, 2.24) is 9.97 Å². The van der Waals surface area contributed by atoms with E-state index in [1.54, 1.807) is 6.33 Å². The van der Waals surface area contributed by atoms with Crippen molar-refractivity contribution in [3.05, 3.63) is 45.4 Å². The maximum atomic E-state index is 6.12. The molecular formula is C19H25N3O. The Hall–Kier alpha value is -2.10. The first-order chi connectivity index (χ1) is 10.9. The van der Waals surface area contributed by atoms with Crippen LogP contribution in [0.4, 0.5) is 5.82 Å². The molecule has 1 aromatic heterocycles. The summed E-state index contributed by atoms with van der Waals surface area (Å²) in [5.74, 6) is 1.99. The van der Waals surface area contributed by atoms with E-state index in [1.165, 1.54) is 27.8 Å². The van der Waals surface area contributed by atoms with Gasteiger partial charge in [-0.25, -0.2) is 9.97 Å². The van der Waals surface area contributed by atoms with Gasteiger partial charge in [-0.05, 0) is 75.8 Å². The Bertz CT molecular complexity index is 768. The zero-order chi connectivity index (χ0) is 16.7. The molecule has 2 aromatic rings. The number of nitrogens with one attached hydrogen (secondary N) is 1. The number of aryl methyl sites for hydroxylation is 1. The first kappa shape index (κ1) is 15.8. The van der Waals surface area contributed by atoms with E-state index in [0.29, 0.717) is 6.61 Å². The Labute approximate surface area is 138 Å². The molecule has 3 rings (SSSR count). The Kier molecular flexibility index (Phi) is 4.00. The van der Waals surface area contributed by atoms with Gasteiger partial charge in [-0.2, -0.15) is 0 Å². The van der Waals surface area contributed by atoms with Crippen LogP contribution in [0.2, 0.25) is 0 Å². The Morgan fingerprint density at radius 3 is 2.35 bits per heavy atom. The molecule has 4 nitrogen and oxygen atoms in total. The molecule has 1 unspecified atom stereocenters. The highest BCUT2D eigenvalue weighted by atomic mass is 16.5. The number of ether oxygens (including phenoxy) is 1. The van der Waals surface area contributed by atoms with Gasteiger partial charge in [0.05, 0.1) is 6.04 Å². The smallest absolute Gasteiger partial charge is 0.132 e. The molecule has 0 aliphatic carbocycles. The SMILES string of the molecule is Cc1ncnc(NC2COc3c(C)c(C)c(C)c(C)c3C2)c1C. The maximum Gasteiger partial charge on any atom is 0.132 e. The molecule has 2 heterocycles. The van der Waals surface area contributed by atoms with Crippen molar-refractivity contribution in [2.75, 3.05) is 11.9 Å². The number of hydrogen-bond acceptors (Lipinski definition) is 4. The summed E-state index contributed by atoms with van der Waals surface area (Å²) in [7, 11) is 0. The predicted molar refractivity (Wildman–Crippen MR) is 93.5 cm³/mol. The second kappa shape index (κ2) is 5.84. The summed E-state index contributed by atoms with van der Waals surface area (Å²) in [4.78, 5) is 8.62. The second-order valence-corrected chi connectivity index (χ2v) is 6.60. The molecule has 0 saturated carbocycles. The van der Waals surface area contributed by atoms with Gasteiger partial charge in [0.25, 0.3) is 0 Å². The van der Waals surface area contributed by atoms with Crippen molar-refractivity contribution in [3.8, 4) is 5.75 Å². The average molecular weight is 311 g/mol. The van der Waals surface area contributed by atoms with E-state index in [0.717, 1.165) is 29.2 Å². The molecule has 1 atom stereocenters. The lowest BCUT2D eigenvalue weighted by atomic mass is 9.89. The van der Waals surface area contributed by atoms with E-state index in [9.17, 15) is 0 Å². The monoisotopic (exact) mass is 311 g/mol. The summed E-state index contributed by atoms with van der Waals surface area (Å²) in [5, 5.41) is 3.54. The highest BCUT2D eigenvalue weighted by molar-refractivity contribution is 5.56. The molecule has 4 heteroatoms. The summed E-state index contributed by atoms with van der Waals surface area (Å²) in [6, 6.07) is 0.232. The minimum absolute atomic E-state index is 0.232. The van der Waals surface area contributed by atoms with E-state index in [-0.39, 0.29) is 6.04 Å². The van der Waals surface area contributed by atoms with E-state index in [4.69, 9.17) is 4.74 Å². The van der Waals surface area contributed by atoms with Crippen LogP contribution < -0.4 is 10.1 Å². The van der Waals surface area contributed by atoms with Crippen molar-refractivity contribution >= 4 is 5.82 Å². The summed E-state index contributed by atoms with van der Waals surface area (Å²) < 4.78 is 6.12. The van der Waals surface area contributed by atoms with Gasteiger partial charge in [0.15, 0.2) is 0 Å². The van der Waals surface area contributed by atoms with Gasteiger partial charge in [0, 0.05) is 11.3 Å². The molecule has 0 spiro atoms. The highest BCUT2D eigenvalue weighted by Gasteiger charge is 2.25. The Morgan fingerprint density at radius 1 is 0.913 bits per heavy atom. The summed E-state index contributed by atoms with van der Waals surface area (Å²) in [6.07, 6.45) is 2.58. The van der Waals surface area contributed by atoms with E-state index >= 15 is 0 Å². The number of hydrogen-bond donors (Lipinski definition) is 1. The quantitative estimate of drug-likeness (QED) is 0.917. The standard InChI is InChI=1S/C19H25N3O/c1-10-11(2)13(4)18-17(12(10)3)7-16(8-23-18)22-19-14(5)15(6)20-9-21-19/h9,16H,7-8H2,1-6H3,(H,20,21,22). The number of nitrogens with zero attached hydrogens (tertiary/aromatic N) is 2. The summed E-state index contributed by atoms with van der Waals surface area (Å²) in [5.41, 5.74) is 8.79. The van der Waals surface area contributed by atoms with E-state index in [1.807, 2.05) is 6.92 Å². The summed E-state index contributed by atoms with van der Waals surface area (Å²) in [6.45, 7) is 13.5. The molecule has 0 amide bonds. The van der Waals surface area contributed by atoms with Crippen LogP contribution in [-0.2, 0) is 6.42 Å². The van der Waals surface area contributed by atoms with Crippen LogP contribution in [0, 0.1) is 41.5 Å². The molecule has 0 saturated heterocycles. The Balaban J connectivity index is 1.90. The van der Waals surface area contributed by atoms with Gasteiger partial charge in [-0.1, -0.05) is 0 Å². The number of anilines is 1. The second-order valence-electron chi connectivity index (χ2n) is 6.60. The van der Waals surface area contributed by atoms with Gasteiger partial charge in [-0.15, -0.1) is 0 Å². The lowest BCUT2D eigenvalue weighted by Gasteiger charge is -2.31. The number of fused-ring (bicyclic) bond motifs is 1. The molecule has 1 aliphatic heterocycles. The number of rotatable bonds is 2. The lowest BCUT2D eigenvalue weighted by Crippen LogP contribution is -2.34. The minimum Gasteiger partial charge on any atom is -0.491 e. The molecule has 0 fully saturated rings. The zero-order valence-electron chi connectivity index (χ0n) is 14.9. The first-order valence-electron chi connectivity index (χ1n) is 8.17. The van der Waals surface area contributed by atoms with E-state index in [2.05, 4.69) is 49.9 Å². The van der Waals surface area contributed by atoms with E-state index < -0.39 is 0 Å². The first-order valence-corrected chi connectivity index (χ1v) is 8.17. The van der Waals surface area contributed by atoms with Crippen LogP contribution in [0.3, 0.4) is 0 Å². The predicted octanol–water partition coefficient (Wildman–Crippen LogP) is 3.74. The fraction of sp³-hybridized carbons (Fsp3) is 0.474. The molecule has 122 valence electrons. The van der Waals surface area contributed by atoms with Gasteiger partial charge in [0.1, 0.15) is 24.5 Å². The van der Waals surface area contributed by atoms with Crippen molar-refractivity contribution in [3.63, 3.8) is 0 Å². The van der Waals surface area contributed by atoms with Crippen LogP contribution in [-0.4, -0.2) is 22.6 Å². The fourth-order valence-corrected chi connectivity index (χ4v) is 3.26. The third-order valence-electron chi connectivity index (χ3n) is 5.31. The zero-order valence-corrected chi connectivity index (χ0v) is 14.9. The fourth-order valence-electron chi connectivity index (χ4n) is 3.26. The van der Waals surface area contributed by atoms with Crippen molar-refractivity contribution in [2.45, 2.75) is 54.0 Å². The van der Waals surface area contributed by atoms with Crippen molar-refractivity contribution in [2.24, 2.45) is 0 Å². The van der Waals surface area contributed by atoms with Crippen LogP contribution in [0.1, 0.15) is 39.1 Å². The Morgan fingerprint density at radius 2 is 1.61 bits per heavy atom. The molecule has 1 aliphatic rings. The highest BCUT2D eigenvalue weighted by Crippen LogP contribution is 2.36. The number of aromatic nitrogens is 2. The van der Waals surface area contributed by atoms with Crippen molar-refractivity contribution < 1.29 is 4.74 Å². The normalized spacial score (nSPS) is 16.7. The van der Waals surface area contributed by atoms with Crippen LogP contribution in [0.25, 0.3) is 0 Å². The van der Waals surface area contributed by atoms with Gasteiger partial charge in [-0.3, -0.25) is 0 Å². The largest absolute Gasteiger partial charge is 0.491 e. The van der Waals surface area contributed by atoms with Gasteiger partial charge >= 0.3 is 0 Å². The molecule has 0 bridgehead atoms. The van der Waals surface area contributed by atoms with Crippen LogP contribution >= 0.6 is 0 Å².